The van der Waals surface area contributed by atoms with Gasteiger partial charge in [0.25, 0.3) is 0 Å². The zero-order chi connectivity index (χ0) is 13.4. The number of benzene rings is 1. The number of nitrogens with zero attached hydrogens (tertiary/aromatic N) is 1. The summed E-state index contributed by atoms with van der Waals surface area (Å²) in [6.45, 7) is 12.0. The van der Waals surface area contributed by atoms with E-state index in [9.17, 15) is 5.11 Å². The van der Waals surface area contributed by atoms with Gasteiger partial charge in [-0.3, -0.25) is 4.90 Å². The Kier molecular flexibility index (Phi) is 5.77. The third-order valence-corrected chi connectivity index (χ3v) is 3.53. The van der Waals surface area contributed by atoms with Crippen LogP contribution in [0, 0.1) is 13.8 Å². The van der Waals surface area contributed by atoms with Crippen molar-refractivity contribution >= 4 is 12.3 Å². The molecule has 2 nitrogen and oxygen atoms in total. The van der Waals surface area contributed by atoms with Gasteiger partial charge in [-0.05, 0) is 58.1 Å². The molecule has 0 fully saturated rings. The molecule has 1 aromatic carbocycles. The molecule has 0 saturated heterocycles. The van der Waals surface area contributed by atoms with E-state index in [4.69, 9.17) is 0 Å². The first-order valence-electron chi connectivity index (χ1n) is 5.85. The van der Waals surface area contributed by atoms with Gasteiger partial charge >= 0.3 is 0 Å². The molecule has 0 amide bonds. The first-order chi connectivity index (χ1) is 7.67. The van der Waals surface area contributed by atoms with Crippen LogP contribution in [-0.2, 0) is 19.5 Å². The SMILES string of the molecule is C=c1cc(C)c(=C(O)C(C)(C)N(C)C)c(C)c1.[Zn]. The van der Waals surface area contributed by atoms with Gasteiger partial charge in [0, 0.05) is 24.7 Å². The van der Waals surface area contributed by atoms with Crippen molar-refractivity contribution in [1.29, 1.82) is 0 Å². The summed E-state index contributed by atoms with van der Waals surface area (Å²) < 4.78 is 0. The van der Waals surface area contributed by atoms with Crippen LogP contribution in [0.2, 0.25) is 0 Å². The van der Waals surface area contributed by atoms with E-state index in [0.29, 0.717) is 5.76 Å². The quantitative estimate of drug-likeness (QED) is 0.841. The molecule has 0 unspecified atom stereocenters. The van der Waals surface area contributed by atoms with E-state index in [-0.39, 0.29) is 25.0 Å². The van der Waals surface area contributed by atoms with Gasteiger partial charge in [-0.25, -0.2) is 0 Å². The fourth-order valence-electron chi connectivity index (χ4n) is 1.94. The predicted octanol–water partition coefficient (Wildman–Crippen LogP) is 1.72. The Morgan fingerprint density at radius 3 is 1.89 bits per heavy atom. The fraction of sp³-hybridized carbons (Fsp3) is 0.467. The van der Waals surface area contributed by atoms with E-state index in [1.165, 1.54) is 0 Å². The molecule has 1 N–H and O–H groups in total. The Morgan fingerprint density at radius 1 is 1.17 bits per heavy atom. The topological polar surface area (TPSA) is 23.5 Å². The molecule has 0 heterocycles. The molecular formula is C15H23NOZn. The van der Waals surface area contributed by atoms with Crippen molar-refractivity contribution in [3.05, 3.63) is 33.7 Å². The maximum atomic E-state index is 10.5. The van der Waals surface area contributed by atoms with Gasteiger partial charge in [-0.1, -0.05) is 18.7 Å². The molecule has 1 aromatic rings. The van der Waals surface area contributed by atoms with Crippen LogP contribution in [0.4, 0.5) is 0 Å². The van der Waals surface area contributed by atoms with Gasteiger partial charge in [0.05, 0.1) is 5.54 Å². The summed E-state index contributed by atoms with van der Waals surface area (Å²) in [5.41, 5.74) is 1.77. The smallest absolute Gasteiger partial charge is 0.120 e. The number of hydrogen-bond acceptors (Lipinski definition) is 2. The van der Waals surface area contributed by atoms with Crippen LogP contribution in [0.1, 0.15) is 25.0 Å². The molecule has 1 rings (SSSR count). The molecular weight excluding hydrogens is 276 g/mol. The summed E-state index contributed by atoms with van der Waals surface area (Å²) in [6.07, 6.45) is 0. The molecule has 0 saturated carbocycles. The number of aliphatic hydroxyl groups is 1. The van der Waals surface area contributed by atoms with E-state index >= 15 is 0 Å². The van der Waals surface area contributed by atoms with Crippen LogP contribution in [0.15, 0.2) is 12.1 Å². The first kappa shape index (κ1) is 17.3. The molecule has 0 aliphatic carbocycles. The molecule has 0 aliphatic rings. The second-order valence-corrected chi connectivity index (χ2v) is 5.41. The second kappa shape index (κ2) is 5.99. The number of aryl methyl sites for hydroxylation is 2. The minimum Gasteiger partial charge on any atom is -0.510 e. The maximum absolute atomic E-state index is 10.5. The molecule has 0 bridgehead atoms. The van der Waals surface area contributed by atoms with Gasteiger partial charge in [0.2, 0.25) is 0 Å². The monoisotopic (exact) mass is 297 g/mol. The molecule has 0 radical (unpaired) electrons. The summed E-state index contributed by atoms with van der Waals surface area (Å²) in [6, 6.07) is 4.01. The van der Waals surface area contributed by atoms with Crippen molar-refractivity contribution in [1.82, 2.24) is 4.90 Å². The van der Waals surface area contributed by atoms with E-state index in [0.717, 1.165) is 21.6 Å². The van der Waals surface area contributed by atoms with Crippen LogP contribution >= 0.6 is 0 Å². The standard InChI is InChI=1S/C15H23NO.Zn/c1-10-8-11(2)13(12(3)9-10)14(17)15(4,5)16(6)7;/h8-9,17H,1H2,2-7H3;. The van der Waals surface area contributed by atoms with E-state index in [2.05, 4.69) is 6.58 Å². The molecule has 3 heteroatoms. The van der Waals surface area contributed by atoms with Gasteiger partial charge < -0.3 is 5.11 Å². The Bertz CT molecular complexity index is 503. The predicted molar refractivity (Wildman–Crippen MR) is 74.5 cm³/mol. The average Bonchev–Trinajstić information content (AvgIpc) is 2.15. The Hall–Kier alpha value is -0.657. The van der Waals surface area contributed by atoms with Crippen LogP contribution in [0.25, 0.3) is 12.3 Å². The fourth-order valence-corrected chi connectivity index (χ4v) is 1.94. The Balaban J connectivity index is 0.00000289. The molecule has 96 valence electrons. The molecule has 18 heavy (non-hydrogen) atoms. The van der Waals surface area contributed by atoms with Crippen molar-refractivity contribution in [2.75, 3.05) is 14.1 Å². The molecule has 0 spiro atoms. The van der Waals surface area contributed by atoms with Crippen LogP contribution < -0.4 is 10.4 Å². The van der Waals surface area contributed by atoms with Crippen LogP contribution in [0.5, 0.6) is 0 Å². The van der Waals surface area contributed by atoms with Crippen LogP contribution in [0.3, 0.4) is 0 Å². The number of likely N-dealkylation sites (N-methyl/N-ethyl adjacent to an activating group) is 1. The molecule has 0 aliphatic heterocycles. The summed E-state index contributed by atoms with van der Waals surface area (Å²) in [7, 11) is 3.94. The zero-order valence-corrected chi connectivity index (χ0v) is 15.4. The summed E-state index contributed by atoms with van der Waals surface area (Å²) in [5, 5.41) is 12.5. The zero-order valence-electron chi connectivity index (χ0n) is 12.5. The van der Waals surface area contributed by atoms with E-state index < -0.39 is 0 Å². The average molecular weight is 299 g/mol. The van der Waals surface area contributed by atoms with Gasteiger partial charge in [-0.2, -0.15) is 0 Å². The summed E-state index contributed by atoms with van der Waals surface area (Å²) in [5.74, 6) is 0.414. The van der Waals surface area contributed by atoms with Crippen molar-refractivity contribution in [2.24, 2.45) is 0 Å². The van der Waals surface area contributed by atoms with Gasteiger partial charge in [0.15, 0.2) is 0 Å². The number of hydrogen-bond donors (Lipinski definition) is 1. The van der Waals surface area contributed by atoms with Crippen molar-refractivity contribution in [2.45, 2.75) is 33.2 Å². The normalized spacial score (nSPS) is 11.3. The van der Waals surface area contributed by atoms with Crippen molar-refractivity contribution in [3.8, 4) is 0 Å². The third kappa shape index (κ3) is 3.21. The molecule has 0 aromatic heterocycles. The van der Waals surface area contributed by atoms with E-state index in [1.54, 1.807) is 0 Å². The maximum Gasteiger partial charge on any atom is 0.120 e. The van der Waals surface area contributed by atoms with Gasteiger partial charge in [0.1, 0.15) is 5.76 Å². The van der Waals surface area contributed by atoms with Gasteiger partial charge in [-0.15, -0.1) is 0 Å². The second-order valence-electron chi connectivity index (χ2n) is 5.41. The Morgan fingerprint density at radius 2 is 1.56 bits per heavy atom. The van der Waals surface area contributed by atoms with E-state index in [1.807, 2.05) is 58.8 Å². The van der Waals surface area contributed by atoms with Crippen LogP contribution in [-0.4, -0.2) is 29.6 Å². The summed E-state index contributed by atoms with van der Waals surface area (Å²) >= 11 is 0. The van der Waals surface area contributed by atoms with Crippen molar-refractivity contribution in [3.63, 3.8) is 0 Å². The minimum atomic E-state index is -0.377. The molecule has 0 atom stereocenters. The third-order valence-electron chi connectivity index (χ3n) is 3.53. The largest absolute Gasteiger partial charge is 0.510 e. The number of rotatable bonds is 2. The van der Waals surface area contributed by atoms with Crippen molar-refractivity contribution < 1.29 is 24.6 Å². The number of aliphatic hydroxyl groups excluding tert-OH is 1. The Labute approximate surface area is 123 Å². The minimum absolute atomic E-state index is 0. The first-order valence-corrected chi connectivity index (χ1v) is 5.85. The summed E-state index contributed by atoms with van der Waals surface area (Å²) in [4.78, 5) is 2.01.